The van der Waals surface area contributed by atoms with E-state index in [2.05, 4.69) is 0 Å². The van der Waals surface area contributed by atoms with Gasteiger partial charge in [0, 0.05) is 6.42 Å². The number of hydrogen-bond donors (Lipinski definition) is 1. The van der Waals surface area contributed by atoms with E-state index in [1.54, 1.807) is 0 Å². The molecule has 0 spiro atoms. The lowest BCUT2D eigenvalue weighted by molar-refractivity contribution is -0.109. The lowest BCUT2D eigenvalue weighted by Gasteiger charge is -2.12. The summed E-state index contributed by atoms with van der Waals surface area (Å²) in [5.74, 6) is 0.118. The third-order valence-corrected chi connectivity index (χ3v) is 1.54. The van der Waals surface area contributed by atoms with Crippen molar-refractivity contribution in [3.63, 3.8) is 0 Å². The van der Waals surface area contributed by atoms with Gasteiger partial charge >= 0.3 is 0 Å². The summed E-state index contributed by atoms with van der Waals surface area (Å²) in [6, 6.07) is 0. The van der Waals surface area contributed by atoms with Crippen molar-refractivity contribution in [2.45, 2.75) is 32.8 Å². The number of aldehydes is 1. The molecule has 2 atom stereocenters. The van der Waals surface area contributed by atoms with Gasteiger partial charge in [-0.15, -0.1) is 0 Å². The predicted octanol–water partition coefficient (Wildman–Crippen LogP) is 0.982. The predicted molar refractivity (Wildman–Crippen MR) is 36.1 cm³/mol. The Balaban J connectivity index is 3.44. The molecule has 54 valence electrons. The Morgan fingerprint density at radius 3 is 2.56 bits per heavy atom. The van der Waals surface area contributed by atoms with E-state index < -0.39 is 0 Å². The summed E-state index contributed by atoms with van der Waals surface area (Å²) in [6.07, 6.45) is 1.74. The number of carbonyl (C=O) groups is 1. The minimum atomic E-state index is -0.310. The maximum absolute atomic E-state index is 9.92. The number of rotatable bonds is 4. The fraction of sp³-hybridized carbons (Fsp3) is 0.857. The van der Waals surface area contributed by atoms with E-state index in [1.807, 2.05) is 13.8 Å². The third-order valence-electron chi connectivity index (χ3n) is 1.54. The lowest BCUT2D eigenvalue weighted by Crippen LogP contribution is -2.16. The van der Waals surface area contributed by atoms with E-state index in [1.165, 1.54) is 0 Å². The zero-order valence-electron chi connectivity index (χ0n) is 6.00. The Kier molecular flexibility index (Phi) is 4.32. The van der Waals surface area contributed by atoms with Gasteiger partial charge in [0.05, 0.1) is 6.10 Å². The molecular weight excluding hydrogens is 116 g/mol. The van der Waals surface area contributed by atoms with E-state index in [0.29, 0.717) is 6.42 Å². The molecule has 0 amide bonds. The molecule has 0 aliphatic heterocycles. The van der Waals surface area contributed by atoms with Crippen molar-refractivity contribution in [3.05, 3.63) is 0 Å². The van der Waals surface area contributed by atoms with E-state index in [9.17, 15) is 4.79 Å². The van der Waals surface area contributed by atoms with Gasteiger partial charge in [-0.3, -0.25) is 0 Å². The Hall–Kier alpha value is -0.370. The molecule has 0 rings (SSSR count). The first kappa shape index (κ1) is 8.63. The highest BCUT2D eigenvalue weighted by molar-refractivity contribution is 5.49. The molecule has 1 N–H and O–H groups in total. The molecule has 0 aromatic heterocycles. The van der Waals surface area contributed by atoms with Crippen molar-refractivity contribution in [1.82, 2.24) is 0 Å². The summed E-state index contributed by atoms with van der Waals surface area (Å²) in [6.45, 7) is 3.79. The molecule has 0 aromatic rings. The van der Waals surface area contributed by atoms with Crippen LogP contribution in [0, 0.1) is 5.92 Å². The molecule has 2 heteroatoms. The smallest absolute Gasteiger partial charge is 0.120 e. The molecule has 0 aliphatic rings. The van der Waals surface area contributed by atoms with Gasteiger partial charge in [-0.25, -0.2) is 0 Å². The molecule has 0 saturated heterocycles. The van der Waals surface area contributed by atoms with Crippen molar-refractivity contribution in [1.29, 1.82) is 0 Å². The van der Waals surface area contributed by atoms with Crippen molar-refractivity contribution in [2.75, 3.05) is 0 Å². The zero-order chi connectivity index (χ0) is 7.28. The van der Waals surface area contributed by atoms with E-state index in [4.69, 9.17) is 5.11 Å². The zero-order valence-corrected chi connectivity index (χ0v) is 6.00. The van der Waals surface area contributed by atoms with E-state index in [-0.39, 0.29) is 12.0 Å². The number of carbonyl (C=O) groups excluding carboxylic acids is 1. The maximum Gasteiger partial charge on any atom is 0.120 e. The summed E-state index contributed by atoms with van der Waals surface area (Å²) in [7, 11) is 0. The first-order chi connectivity index (χ1) is 4.22. The van der Waals surface area contributed by atoms with Crippen molar-refractivity contribution < 1.29 is 9.90 Å². The molecule has 0 aromatic carbocycles. The second-order valence-electron chi connectivity index (χ2n) is 2.36. The minimum absolute atomic E-state index is 0.118. The molecular formula is C7H14O2. The van der Waals surface area contributed by atoms with Crippen LogP contribution in [0.1, 0.15) is 26.7 Å². The quantitative estimate of drug-likeness (QED) is 0.576. The average Bonchev–Trinajstić information content (AvgIpc) is 1.87. The largest absolute Gasteiger partial charge is 0.393 e. The van der Waals surface area contributed by atoms with Crippen LogP contribution in [-0.2, 0) is 4.79 Å². The Morgan fingerprint density at radius 1 is 1.67 bits per heavy atom. The normalized spacial score (nSPS) is 16.8. The van der Waals surface area contributed by atoms with Crippen LogP contribution in [0.2, 0.25) is 0 Å². The molecule has 0 saturated carbocycles. The highest BCUT2D eigenvalue weighted by Gasteiger charge is 2.09. The molecule has 2 nitrogen and oxygen atoms in total. The first-order valence-corrected chi connectivity index (χ1v) is 3.34. The van der Waals surface area contributed by atoms with Crippen molar-refractivity contribution >= 4 is 6.29 Å². The van der Waals surface area contributed by atoms with Gasteiger partial charge in [0.1, 0.15) is 6.29 Å². The van der Waals surface area contributed by atoms with Gasteiger partial charge in [-0.05, 0) is 12.3 Å². The standard InChI is InChI=1S/C7H14O2/c1-3-7(9)6(2)4-5-8/h5-7,9H,3-4H2,1-2H3/t6-,7+/m1/s1. The maximum atomic E-state index is 9.92. The summed E-state index contributed by atoms with van der Waals surface area (Å²) < 4.78 is 0. The van der Waals surface area contributed by atoms with Crippen LogP contribution in [0.5, 0.6) is 0 Å². The molecule has 0 radical (unpaired) electrons. The van der Waals surface area contributed by atoms with Crippen LogP contribution in [0.15, 0.2) is 0 Å². The van der Waals surface area contributed by atoms with Crippen LogP contribution >= 0.6 is 0 Å². The number of aliphatic hydroxyl groups is 1. The van der Waals surface area contributed by atoms with Gasteiger partial charge in [0.15, 0.2) is 0 Å². The molecule has 9 heavy (non-hydrogen) atoms. The monoisotopic (exact) mass is 130 g/mol. The highest BCUT2D eigenvalue weighted by Crippen LogP contribution is 2.08. The van der Waals surface area contributed by atoms with Crippen LogP contribution in [0.25, 0.3) is 0 Å². The van der Waals surface area contributed by atoms with Gasteiger partial charge in [-0.2, -0.15) is 0 Å². The molecule has 0 fully saturated rings. The van der Waals surface area contributed by atoms with Crippen LogP contribution in [0.3, 0.4) is 0 Å². The van der Waals surface area contributed by atoms with Crippen molar-refractivity contribution in [2.24, 2.45) is 5.92 Å². The molecule has 0 bridgehead atoms. The van der Waals surface area contributed by atoms with Crippen molar-refractivity contribution in [3.8, 4) is 0 Å². The summed E-state index contributed by atoms with van der Waals surface area (Å²) in [5, 5.41) is 9.10. The Labute approximate surface area is 55.9 Å². The van der Waals surface area contributed by atoms with Gasteiger partial charge in [-0.1, -0.05) is 13.8 Å². The van der Waals surface area contributed by atoms with E-state index in [0.717, 1.165) is 12.7 Å². The number of aliphatic hydroxyl groups excluding tert-OH is 1. The fourth-order valence-corrected chi connectivity index (χ4v) is 0.711. The second kappa shape index (κ2) is 4.50. The first-order valence-electron chi connectivity index (χ1n) is 3.34. The van der Waals surface area contributed by atoms with Crippen LogP contribution in [0.4, 0.5) is 0 Å². The SMILES string of the molecule is CC[C@H](O)[C@H](C)CC=O. The highest BCUT2D eigenvalue weighted by atomic mass is 16.3. The van der Waals surface area contributed by atoms with Gasteiger partial charge in [0.25, 0.3) is 0 Å². The minimum Gasteiger partial charge on any atom is -0.393 e. The molecule has 0 unspecified atom stereocenters. The summed E-state index contributed by atoms with van der Waals surface area (Å²) in [4.78, 5) is 9.92. The van der Waals surface area contributed by atoms with Crippen LogP contribution < -0.4 is 0 Å². The van der Waals surface area contributed by atoms with Gasteiger partial charge < -0.3 is 9.90 Å². The van der Waals surface area contributed by atoms with E-state index >= 15 is 0 Å². The van der Waals surface area contributed by atoms with Crippen LogP contribution in [-0.4, -0.2) is 17.5 Å². The molecule has 0 aliphatic carbocycles. The third kappa shape index (κ3) is 3.25. The lowest BCUT2D eigenvalue weighted by atomic mass is 10.0. The topological polar surface area (TPSA) is 37.3 Å². The van der Waals surface area contributed by atoms with Gasteiger partial charge in [0.2, 0.25) is 0 Å². The summed E-state index contributed by atoms with van der Waals surface area (Å²) in [5.41, 5.74) is 0. The Bertz CT molecular complexity index is 81.0. The number of hydrogen-bond acceptors (Lipinski definition) is 2. The average molecular weight is 130 g/mol. The molecule has 0 heterocycles. The summed E-state index contributed by atoms with van der Waals surface area (Å²) >= 11 is 0. The second-order valence-corrected chi connectivity index (χ2v) is 2.36. The Morgan fingerprint density at radius 2 is 2.22 bits per heavy atom. The fourth-order valence-electron chi connectivity index (χ4n) is 0.711.